The van der Waals surface area contributed by atoms with Crippen molar-refractivity contribution in [3.63, 3.8) is 0 Å². The van der Waals surface area contributed by atoms with Crippen LogP contribution in [-0.4, -0.2) is 21.2 Å². The Balaban J connectivity index is 1.49. The zero-order valence-corrected chi connectivity index (χ0v) is 15.2. The molecule has 1 atom stereocenters. The molecule has 3 aromatic rings. The van der Waals surface area contributed by atoms with Gasteiger partial charge in [0.1, 0.15) is 6.04 Å². The van der Waals surface area contributed by atoms with Gasteiger partial charge in [0.15, 0.2) is 10.9 Å². The van der Waals surface area contributed by atoms with E-state index in [2.05, 4.69) is 10.3 Å². The summed E-state index contributed by atoms with van der Waals surface area (Å²) in [5.74, 6) is -0.272. The molecule has 144 valence electrons. The average Bonchev–Trinajstić information content (AvgIpc) is 3.31. The molecule has 0 saturated carbocycles. The minimum atomic E-state index is -4.38. The molecule has 1 amide bonds. The van der Waals surface area contributed by atoms with E-state index in [1.54, 1.807) is 22.9 Å². The molecule has 1 aliphatic heterocycles. The van der Waals surface area contributed by atoms with Gasteiger partial charge in [0.05, 0.1) is 16.1 Å². The highest BCUT2D eigenvalue weighted by Gasteiger charge is 2.31. The minimum Gasteiger partial charge on any atom is -0.333 e. The molecule has 1 aliphatic rings. The van der Waals surface area contributed by atoms with Crippen LogP contribution >= 0.6 is 11.3 Å². The Morgan fingerprint density at radius 1 is 1.21 bits per heavy atom. The lowest BCUT2D eigenvalue weighted by Gasteiger charge is -2.24. The summed E-state index contributed by atoms with van der Waals surface area (Å²) in [7, 11) is 0. The number of fused-ring (bicyclic) bond motifs is 1. The number of thiazole rings is 1. The van der Waals surface area contributed by atoms with Crippen molar-refractivity contribution in [2.24, 2.45) is 0 Å². The quantitative estimate of drug-likeness (QED) is 0.682. The van der Waals surface area contributed by atoms with Crippen molar-refractivity contribution in [1.82, 2.24) is 9.55 Å². The molecule has 4 rings (SSSR count). The molecule has 1 unspecified atom stereocenters. The summed E-state index contributed by atoms with van der Waals surface area (Å²) >= 11 is 1.18. The first-order chi connectivity index (χ1) is 13.3. The molecule has 9 heteroatoms. The number of nitrogens with zero attached hydrogens (tertiary/aromatic N) is 2. The molecule has 3 heterocycles. The van der Waals surface area contributed by atoms with Crippen molar-refractivity contribution in [1.29, 1.82) is 0 Å². The third-order valence-corrected chi connectivity index (χ3v) is 5.54. The first kappa shape index (κ1) is 18.4. The van der Waals surface area contributed by atoms with Crippen LogP contribution in [0, 0.1) is 0 Å². The topological polar surface area (TPSA) is 64.0 Å². The van der Waals surface area contributed by atoms with Gasteiger partial charge in [-0.05, 0) is 36.2 Å². The Morgan fingerprint density at radius 3 is 2.68 bits per heavy atom. The van der Waals surface area contributed by atoms with Crippen molar-refractivity contribution in [3.05, 3.63) is 60.0 Å². The van der Waals surface area contributed by atoms with Gasteiger partial charge < -0.3 is 9.88 Å². The smallest absolute Gasteiger partial charge is 0.333 e. The second kappa shape index (κ2) is 6.90. The summed E-state index contributed by atoms with van der Waals surface area (Å²) in [6, 6.07) is 7.70. The first-order valence-electron chi connectivity index (χ1n) is 8.47. The number of benzene rings is 1. The number of carbonyl (C=O) groups is 2. The molecule has 0 bridgehead atoms. The molecule has 0 aliphatic carbocycles. The number of ketones is 1. The highest BCUT2D eigenvalue weighted by Crippen LogP contribution is 2.34. The number of Topliss-reactive ketones (excluding diaryl/α,β-unsaturated/α-hetero) is 1. The van der Waals surface area contributed by atoms with Gasteiger partial charge in [-0.2, -0.15) is 13.2 Å². The van der Waals surface area contributed by atoms with Gasteiger partial charge >= 0.3 is 6.18 Å². The highest BCUT2D eigenvalue weighted by molar-refractivity contribution is 7.19. The Morgan fingerprint density at radius 2 is 1.96 bits per heavy atom. The fraction of sp³-hybridized carbons (Fsp3) is 0.211. The monoisotopic (exact) mass is 405 g/mol. The predicted octanol–water partition coefficient (Wildman–Crippen LogP) is 4.79. The third-order valence-electron chi connectivity index (χ3n) is 4.58. The van der Waals surface area contributed by atoms with Gasteiger partial charge in [0.2, 0.25) is 5.91 Å². The van der Waals surface area contributed by atoms with E-state index in [1.165, 1.54) is 29.7 Å². The second-order valence-electron chi connectivity index (χ2n) is 6.37. The maximum absolute atomic E-state index is 12.7. The normalized spacial score (nSPS) is 16.7. The molecule has 2 aromatic heterocycles. The number of carbonyl (C=O) groups excluding carboxylic acids is 2. The van der Waals surface area contributed by atoms with E-state index in [0.717, 1.165) is 12.1 Å². The standard InChI is InChI=1S/C19H14F3N3O2S/c20-19(21,22)12-5-3-11(4-6-12)16-10-23-18(28-16)24-17(27)14-7-8-15(26)13-2-1-9-25(13)14/h1-6,9-10,14H,7-8H2,(H,23,24,27). The SMILES string of the molecule is O=C1CCC(C(=O)Nc2ncc(-c3ccc(C(F)(F)F)cc3)s2)n2cccc21. The van der Waals surface area contributed by atoms with Gasteiger partial charge in [-0.3, -0.25) is 9.59 Å². The fourth-order valence-corrected chi connectivity index (χ4v) is 4.00. The first-order valence-corrected chi connectivity index (χ1v) is 9.29. The Bertz CT molecular complexity index is 1040. The lowest BCUT2D eigenvalue weighted by atomic mass is 10.0. The number of rotatable bonds is 3. The maximum atomic E-state index is 12.7. The number of hydrogen-bond donors (Lipinski definition) is 1. The molecular weight excluding hydrogens is 391 g/mol. The second-order valence-corrected chi connectivity index (χ2v) is 7.40. The van der Waals surface area contributed by atoms with Crippen LogP contribution in [0.25, 0.3) is 10.4 Å². The van der Waals surface area contributed by atoms with Crippen molar-refractivity contribution in [2.75, 3.05) is 5.32 Å². The lowest BCUT2D eigenvalue weighted by molar-refractivity contribution is -0.137. The fourth-order valence-electron chi connectivity index (χ4n) is 3.17. The zero-order valence-electron chi connectivity index (χ0n) is 14.4. The summed E-state index contributed by atoms with van der Waals surface area (Å²) in [5, 5.41) is 3.09. The van der Waals surface area contributed by atoms with Gasteiger partial charge in [-0.15, -0.1) is 0 Å². The summed E-state index contributed by atoms with van der Waals surface area (Å²) in [6.07, 6.45) is -0.467. The van der Waals surface area contributed by atoms with Crippen LogP contribution < -0.4 is 5.32 Å². The predicted molar refractivity (Wildman–Crippen MR) is 98.2 cm³/mol. The highest BCUT2D eigenvalue weighted by atomic mass is 32.1. The number of halogens is 3. The lowest BCUT2D eigenvalue weighted by Crippen LogP contribution is -2.31. The summed E-state index contributed by atoms with van der Waals surface area (Å²) in [5.41, 5.74) is 0.376. The number of aromatic nitrogens is 2. The Kier molecular flexibility index (Phi) is 4.54. The summed E-state index contributed by atoms with van der Waals surface area (Å²) in [6.45, 7) is 0. The number of nitrogens with one attached hydrogen (secondary N) is 1. The van der Waals surface area contributed by atoms with Gasteiger partial charge in [0.25, 0.3) is 0 Å². The zero-order chi connectivity index (χ0) is 19.9. The molecular formula is C19H14F3N3O2S. The van der Waals surface area contributed by atoms with Crippen LogP contribution in [0.3, 0.4) is 0 Å². The van der Waals surface area contributed by atoms with Crippen LogP contribution in [-0.2, 0) is 11.0 Å². The van der Waals surface area contributed by atoms with Crippen molar-refractivity contribution in [3.8, 4) is 10.4 Å². The van der Waals surface area contributed by atoms with E-state index < -0.39 is 17.8 Å². The summed E-state index contributed by atoms with van der Waals surface area (Å²) in [4.78, 5) is 29.3. The largest absolute Gasteiger partial charge is 0.416 e. The number of hydrogen-bond acceptors (Lipinski definition) is 4. The van der Waals surface area contributed by atoms with E-state index in [-0.39, 0.29) is 11.7 Å². The van der Waals surface area contributed by atoms with Crippen LogP contribution in [0.2, 0.25) is 0 Å². The molecule has 0 spiro atoms. The number of amides is 1. The van der Waals surface area contributed by atoms with Crippen LogP contribution in [0.4, 0.5) is 18.3 Å². The third kappa shape index (κ3) is 3.45. The van der Waals surface area contributed by atoms with Gasteiger partial charge in [-0.25, -0.2) is 4.98 Å². The van der Waals surface area contributed by atoms with Gasteiger partial charge in [0, 0.05) is 18.8 Å². The van der Waals surface area contributed by atoms with Crippen molar-refractivity contribution in [2.45, 2.75) is 25.1 Å². The molecule has 1 N–H and O–H groups in total. The van der Waals surface area contributed by atoms with Gasteiger partial charge in [-0.1, -0.05) is 23.5 Å². The molecule has 0 radical (unpaired) electrons. The van der Waals surface area contributed by atoms with E-state index in [4.69, 9.17) is 0 Å². The number of alkyl halides is 3. The van der Waals surface area contributed by atoms with Crippen molar-refractivity contribution >= 4 is 28.2 Å². The molecule has 0 fully saturated rings. The molecule has 5 nitrogen and oxygen atoms in total. The van der Waals surface area contributed by atoms with E-state index >= 15 is 0 Å². The minimum absolute atomic E-state index is 0.00730. The van der Waals surface area contributed by atoms with Crippen LogP contribution in [0.1, 0.15) is 34.9 Å². The van der Waals surface area contributed by atoms with Crippen molar-refractivity contribution < 1.29 is 22.8 Å². The van der Waals surface area contributed by atoms with Crippen LogP contribution in [0.15, 0.2) is 48.8 Å². The van der Waals surface area contributed by atoms with E-state index in [0.29, 0.717) is 34.1 Å². The molecule has 1 aromatic carbocycles. The molecule has 0 saturated heterocycles. The van der Waals surface area contributed by atoms with Crippen LogP contribution in [0.5, 0.6) is 0 Å². The maximum Gasteiger partial charge on any atom is 0.416 e. The average molecular weight is 405 g/mol. The Hall–Kier alpha value is -2.94. The van der Waals surface area contributed by atoms with E-state index in [1.807, 2.05) is 0 Å². The Labute approximate surface area is 161 Å². The molecule has 28 heavy (non-hydrogen) atoms. The summed E-state index contributed by atoms with van der Waals surface area (Å²) < 4.78 is 39.7. The number of anilines is 1. The van der Waals surface area contributed by atoms with E-state index in [9.17, 15) is 22.8 Å².